The molecule has 0 aliphatic carbocycles. The monoisotopic (exact) mass is 199 g/mol. The van der Waals surface area contributed by atoms with Gasteiger partial charge in [-0.25, -0.2) is 9.13 Å². The average molecular weight is 199 g/mol. The Labute approximate surface area is 85.0 Å². The molecule has 1 rings (SSSR count). The molecule has 3 heteroatoms. The van der Waals surface area contributed by atoms with Crippen LogP contribution in [0.15, 0.2) is 12.4 Å². The normalized spacial score (nSPS) is 10.7. The molecule has 74 valence electrons. The lowest BCUT2D eigenvalue weighted by atomic mass is 10.4. The first-order valence-electron chi connectivity index (χ1n) is 4.84. The van der Waals surface area contributed by atoms with Crippen LogP contribution in [0.25, 0.3) is 0 Å². The molecule has 0 spiro atoms. The van der Waals surface area contributed by atoms with Crippen LogP contribution in [0.1, 0.15) is 19.2 Å². The molecule has 0 aromatic carbocycles. The quantitative estimate of drug-likeness (QED) is 0.518. The minimum atomic E-state index is 1.15. The van der Waals surface area contributed by atoms with Gasteiger partial charge in [-0.15, -0.1) is 0 Å². The summed E-state index contributed by atoms with van der Waals surface area (Å²) in [6.45, 7) is 5.53. The number of hydrogen-bond acceptors (Lipinski definition) is 1. The lowest BCUT2D eigenvalue weighted by molar-refractivity contribution is -0.677. The van der Waals surface area contributed by atoms with Gasteiger partial charge in [0.1, 0.15) is 12.4 Å². The second-order valence-electron chi connectivity index (χ2n) is 3.20. The second kappa shape index (κ2) is 5.32. The Bertz CT molecular complexity index is 255. The minimum Gasteiger partial charge on any atom is -0.237 e. The highest BCUT2D eigenvalue weighted by Crippen LogP contribution is 2.03. The van der Waals surface area contributed by atoms with Crippen molar-refractivity contribution in [1.29, 1.82) is 0 Å². The summed E-state index contributed by atoms with van der Waals surface area (Å²) in [7, 11) is 2.09. The van der Waals surface area contributed by atoms with Gasteiger partial charge in [-0.2, -0.15) is 11.8 Å². The van der Waals surface area contributed by atoms with Crippen molar-refractivity contribution in [2.45, 2.75) is 26.8 Å². The maximum atomic E-state index is 2.32. The predicted molar refractivity (Wildman–Crippen MR) is 58.0 cm³/mol. The van der Waals surface area contributed by atoms with Gasteiger partial charge in [-0.3, -0.25) is 0 Å². The molecule has 0 bridgehead atoms. The molecule has 1 aromatic rings. The number of hydrogen-bond donors (Lipinski definition) is 0. The van der Waals surface area contributed by atoms with Crippen LogP contribution in [0.4, 0.5) is 0 Å². The van der Waals surface area contributed by atoms with E-state index in [0.29, 0.717) is 0 Å². The molecule has 0 radical (unpaired) electrons. The van der Waals surface area contributed by atoms with Crippen LogP contribution in [0.2, 0.25) is 0 Å². The molecule has 0 saturated heterocycles. The molecule has 2 nitrogen and oxygen atoms in total. The molecule has 0 aliphatic rings. The van der Waals surface area contributed by atoms with E-state index in [1.807, 2.05) is 11.8 Å². The zero-order valence-electron chi connectivity index (χ0n) is 8.79. The van der Waals surface area contributed by atoms with E-state index in [0.717, 1.165) is 6.54 Å². The Hall–Kier alpha value is -0.440. The fraction of sp³-hybridized carbons (Fsp3) is 0.700. The highest BCUT2D eigenvalue weighted by Gasteiger charge is 2.06. The van der Waals surface area contributed by atoms with E-state index >= 15 is 0 Å². The third-order valence-electron chi connectivity index (χ3n) is 2.29. The maximum Gasteiger partial charge on any atom is 0.253 e. The first kappa shape index (κ1) is 10.6. The highest BCUT2D eigenvalue weighted by atomic mass is 32.2. The Kier molecular flexibility index (Phi) is 4.36. The van der Waals surface area contributed by atoms with Crippen molar-refractivity contribution in [2.75, 3.05) is 11.5 Å². The number of imidazole rings is 1. The van der Waals surface area contributed by atoms with Crippen molar-refractivity contribution >= 4 is 11.8 Å². The standard InChI is InChI=1S/C10H19N2S/c1-4-13-9-5-6-12-8-7-11(3)10(12)2/h7-8H,4-6,9H2,1-3H3/q+1. The topological polar surface area (TPSA) is 8.81 Å². The van der Waals surface area contributed by atoms with E-state index in [1.54, 1.807) is 0 Å². The summed E-state index contributed by atoms with van der Waals surface area (Å²) in [5.74, 6) is 3.84. The van der Waals surface area contributed by atoms with Gasteiger partial charge < -0.3 is 0 Å². The largest absolute Gasteiger partial charge is 0.253 e. The summed E-state index contributed by atoms with van der Waals surface area (Å²) >= 11 is 2.02. The van der Waals surface area contributed by atoms with Gasteiger partial charge in [-0.05, 0) is 17.9 Å². The summed E-state index contributed by atoms with van der Waals surface area (Å²) in [6.07, 6.45) is 5.54. The maximum absolute atomic E-state index is 2.32. The van der Waals surface area contributed by atoms with Crippen molar-refractivity contribution in [3.05, 3.63) is 18.2 Å². The Morgan fingerprint density at radius 3 is 2.85 bits per heavy atom. The second-order valence-corrected chi connectivity index (χ2v) is 4.59. The number of aromatic nitrogens is 2. The van der Waals surface area contributed by atoms with Gasteiger partial charge in [-0.1, -0.05) is 6.92 Å². The number of nitrogens with zero attached hydrogens (tertiary/aromatic N) is 2. The van der Waals surface area contributed by atoms with Crippen molar-refractivity contribution in [3.8, 4) is 0 Å². The molecule has 13 heavy (non-hydrogen) atoms. The van der Waals surface area contributed by atoms with Gasteiger partial charge >= 0.3 is 0 Å². The summed E-state index contributed by atoms with van der Waals surface area (Å²) < 4.78 is 4.48. The molecule has 1 heterocycles. The van der Waals surface area contributed by atoms with E-state index in [9.17, 15) is 0 Å². The lowest BCUT2D eigenvalue weighted by Gasteiger charge is -1.98. The van der Waals surface area contributed by atoms with E-state index in [4.69, 9.17) is 0 Å². The summed E-state index contributed by atoms with van der Waals surface area (Å²) in [6, 6.07) is 0. The van der Waals surface area contributed by atoms with Crippen LogP contribution in [0, 0.1) is 6.92 Å². The first-order chi connectivity index (χ1) is 6.25. The summed E-state index contributed by atoms with van der Waals surface area (Å²) in [5.41, 5.74) is 0. The first-order valence-corrected chi connectivity index (χ1v) is 6.00. The Morgan fingerprint density at radius 1 is 1.54 bits per heavy atom. The molecule has 0 unspecified atom stereocenters. The van der Waals surface area contributed by atoms with Crippen molar-refractivity contribution in [3.63, 3.8) is 0 Å². The predicted octanol–water partition coefficient (Wildman–Crippen LogP) is 1.76. The van der Waals surface area contributed by atoms with E-state index in [2.05, 4.69) is 42.4 Å². The molecule has 0 amide bonds. The molecule has 0 saturated carbocycles. The van der Waals surface area contributed by atoms with Crippen molar-refractivity contribution in [2.24, 2.45) is 7.05 Å². The smallest absolute Gasteiger partial charge is 0.237 e. The third kappa shape index (κ3) is 3.07. The van der Waals surface area contributed by atoms with Crippen molar-refractivity contribution < 1.29 is 4.57 Å². The fourth-order valence-electron chi connectivity index (χ4n) is 1.32. The minimum absolute atomic E-state index is 1.15. The van der Waals surface area contributed by atoms with Crippen LogP contribution >= 0.6 is 11.8 Å². The average Bonchev–Trinajstić information content (AvgIpc) is 2.43. The number of aryl methyl sites for hydroxylation is 2. The van der Waals surface area contributed by atoms with Crippen LogP contribution in [0.5, 0.6) is 0 Å². The van der Waals surface area contributed by atoms with Gasteiger partial charge in [0.05, 0.1) is 13.6 Å². The molecule has 0 atom stereocenters. The summed E-state index contributed by atoms with van der Waals surface area (Å²) in [5, 5.41) is 0. The third-order valence-corrected chi connectivity index (χ3v) is 3.27. The van der Waals surface area contributed by atoms with Crippen molar-refractivity contribution in [1.82, 2.24) is 4.57 Å². The van der Waals surface area contributed by atoms with Crippen LogP contribution in [0.3, 0.4) is 0 Å². The van der Waals surface area contributed by atoms with Gasteiger partial charge in [0.15, 0.2) is 0 Å². The SMILES string of the molecule is CCSCCCn1cc[n+](C)c1C. The molecule has 0 aliphatic heterocycles. The van der Waals surface area contributed by atoms with Gasteiger partial charge in [0, 0.05) is 6.92 Å². The molecule has 0 N–H and O–H groups in total. The van der Waals surface area contributed by atoms with E-state index in [1.165, 1.54) is 23.8 Å². The molecule has 1 aromatic heterocycles. The van der Waals surface area contributed by atoms with E-state index in [-0.39, 0.29) is 0 Å². The Balaban J connectivity index is 2.32. The van der Waals surface area contributed by atoms with Gasteiger partial charge in [0.2, 0.25) is 0 Å². The zero-order valence-corrected chi connectivity index (χ0v) is 9.60. The summed E-state index contributed by atoms with van der Waals surface area (Å²) in [4.78, 5) is 0. The van der Waals surface area contributed by atoms with Crippen LogP contribution < -0.4 is 4.57 Å². The zero-order chi connectivity index (χ0) is 9.68. The highest BCUT2D eigenvalue weighted by molar-refractivity contribution is 7.99. The lowest BCUT2D eigenvalue weighted by Crippen LogP contribution is -2.29. The Morgan fingerprint density at radius 2 is 2.31 bits per heavy atom. The van der Waals surface area contributed by atoms with Gasteiger partial charge in [0.25, 0.3) is 5.82 Å². The van der Waals surface area contributed by atoms with E-state index < -0.39 is 0 Å². The molecular weight excluding hydrogens is 180 g/mol. The van der Waals surface area contributed by atoms with Crippen LogP contribution in [-0.2, 0) is 13.6 Å². The molecule has 0 fully saturated rings. The number of thioether (sulfide) groups is 1. The fourth-order valence-corrected chi connectivity index (χ4v) is 1.94. The molecular formula is C10H19N2S+. The van der Waals surface area contributed by atoms with Crippen LogP contribution in [-0.4, -0.2) is 16.1 Å². The number of rotatable bonds is 5.